The molecule has 1 aliphatic heterocycles. The maximum absolute atomic E-state index is 15.6. The molecule has 22 heteroatoms. The average molecular weight is 888 g/mol. The number of aryl methyl sites for hydroxylation is 1. The second-order valence-electron chi connectivity index (χ2n) is 15.7. The number of hydrogen-bond donors (Lipinski definition) is 3. The van der Waals surface area contributed by atoms with Crippen molar-refractivity contribution in [1.82, 2.24) is 34.8 Å². The Hall–Kier alpha value is -5.79. The number of para-hydroxylation sites is 1. The molecule has 1 amide bonds. The molecule has 4 atom stereocenters. The van der Waals surface area contributed by atoms with Crippen LogP contribution < -0.4 is 14.9 Å². The summed E-state index contributed by atoms with van der Waals surface area (Å²) >= 11 is 1.25. The topological polar surface area (TPSA) is 160 Å². The lowest BCUT2D eigenvalue weighted by molar-refractivity contribution is -0.142. The number of hydrogen-bond acceptors (Lipinski definition) is 10. The van der Waals surface area contributed by atoms with Crippen LogP contribution in [0.1, 0.15) is 53.5 Å². The molecule has 3 N–H and O–H groups in total. The van der Waals surface area contributed by atoms with Crippen molar-refractivity contribution in [2.24, 2.45) is 13.0 Å². The third kappa shape index (κ3) is 7.21. The van der Waals surface area contributed by atoms with Crippen LogP contribution in [0, 0.1) is 29.4 Å². The van der Waals surface area contributed by atoms with Crippen LogP contribution in [0.4, 0.5) is 41.7 Å². The number of rotatable bonds is 10. The summed E-state index contributed by atoms with van der Waals surface area (Å²) in [6, 6.07) is 7.91. The number of β-amino-alcohol motifs (C(OH)–C–C–N with tert-alkyl or cyclic N) is 1. The van der Waals surface area contributed by atoms with E-state index in [1.54, 1.807) is 38.2 Å². The Morgan fingerprint density at radius 2 is 1.82 bits per heavy atom. The van der Waals surface area contributed by atoms with Crippen molar-refractivity contribution in [3.05, 3.63) is 82.3 Å². The number of benzene rings is 2. The quantitative estimate of drug-likeness (QED) is 0.111. The van der Waals surface area contributed by atoms with E-state index in [9.17, 15) is 40.3 Å². The summed E-state index contributed by atoms with van der Waals surface area (Å²) in [7, 11) is -2.23. The van der Waals surface area contributed by atoms with Gasteiger partial charge in [-0.05, 0) is 49.6 Å². The van der Waals surface area contributed by atoms with Gasteiger partial charge in [-0.25, -0.2) is 22.2 Å². The molecule has 4 aromatic heterocycles. The van der Waals surface area contributed by atoms with Crippen LogP contribution in [-0.2, 0) is 46.9 Å². The predicted molar refractivity (Wildman–Crippen MR) is 209 cm³/mol. The van der Waals surface area contributed by atoms with Gasteiger partial charge in [0.25, 0.3) is 0 Å². The van der Waals surface area contributed by atoms with E-state index in [-0.39, 0.29) is 35.7 Å². The number of alkyl halides is 5. The first-order valence-electron chi connectivity index (χ1n) is 18.6. The van der Waals surface area contributed by atoms with E-state index in [1.165, 1.54) is 16.0 Å². The Morgan fingerprint density at radius 3 is 2.46 bits per heavy atom. The zero-order chi connectivity index (χ0) is 43.6. The van der Waals surface area contributed by atoms with Gasteiger partial charge in [0.05, 0.1) is 39.7 Å². The van der Waals surface area contributed by atoms with Gasteiger partial charge in [0.15, 0.2) is 22.3 Å². The number of halogens is 7. The Bertz CT molecular complexity index is 2990. The van der Waals surface area contributed by atoms with Crippen molar-refractivity contribution in [3.8, 4) is 23.0 Å². The van der Waals surface area contributed by atoms with E-state index in [1.807, 2.05) is 4.90 Å². The van der Waals surface area contributed by atoms with E-state index >= 15 is 8.78 Å². The molecule has 13 nitrogen and oxygen atoms in total. The van der Waals surface area contributed by atoms with Crippen molar-refractivity contribution in [2.45, 2.75) is 56.0 Å². The van der Waals surface area contributed by atoms with Gasteiger partial charge in [-0.1, -0.05) is 35.3 Å². The molecule has 1 saturated heterocycles. The first kappa shape index (κ1) is 40.6. The largest absolute Gasteiger partial charge is 0.435 e. The minimum absolute atomic E-state index is 0.000641. The van der Waals surface area contributed by atoms with Crippen molar-refractivity contribution >= 4 is 59.5 Å². The lowest BCUT2D eigenvalue weighted by Gasteiger charge is -2.24. The van der Waals surface area contributed by atoms with E-state index in [2.05, 4.69) is 32.1 Å². The fourth-order valence-electron chi connectivity index (χ4n) is 8.33. The molecule has 9 rings (SSSR count). The van der Waals surface area contributed by atoms with Crippen LogP contribution in [0.5, 0.6) is 0 Å². The van der Waals surface area contributed by atoms with Crippen LogP contribution in [0.25, 0.3) is 32.4 Å². The molecule has 318 valence electrons. The summed E-state index contributed by atoms with van der Waals surface area (Å²) < 4.78 is 132. The number of aromatic nitrogens is 6. The zero-order valence-electron chi connectivity index (χ0n) is 32.1. The van der Waals surface area contributed by atoms with Gasteiger partial charge in [-0.2, -0.15) is 37.1 Å². The second-order valence-corrected chi connectivity index (χ2v) is 18.4. The monoisotopic (exact) mass is 887 g/mol. The number of sulfonamides is 1. The average Bonchev–Trinajstić information content (AvgIpc) is 3.90. The standard InChI is InChI=1S/C39H32F7N9O4S2/c1-37(57)9-10-54(17-37)36-49-35-27(60-36)15-24(21-5-4-6-23-31(21)53(2)51-34(23)52-61(3,58)59)30(48-35)26(13-18-11-19(40)14-20(41)12-18)47-28(56)16-55-33-29(32(50-55)39(44,45)46)22-7-8-25(22)38(33,42)43/h4-6,11-12,14-15,22,25-26,57H,9-10,13,16-17H2,1-3H3,(H,47,56)(H,51,52)/t22-,25+,26?,37?/m0/s1. The smallest absolute Gasteiger partial charge is 0.388 e. The molecule has 3 aliphatic rings. The molecule has 6 aromatic rings. The summed E-state index contributed by atoms with van der Waals surface area (Å²) in [6.07, 6.45) is -4.11. The molecular formula is C39H32F7N9O4S2. The molecule has 0 bridgehead atoms. The van der Waals surface area contributed by atoms with Crippen molar-refractivity contribution in [1.29, 1.82) is 0 Å². The van der Waals surface area contributed by atoms with Crippen LogP contribution in [0.3, 0.4) is 0 Å². The molecule has 5 heterocycles. The molecule has 61 heavy (non-hydrogen) atoms. The summed E-state index contributed by atoms with van der Waals surface area (Å²) in [5.41, 5.74) is -3.12. The Labute approximate surface area is 345 Å². The van der Waals surface area contributed by atoms with Gasteiger partial charge in [0, 0.05) is 48.3 Å². The van der Waals surface area contributed by atoms with Gasteiger partial charge in [-0.3, -0.25) is 18.9 Å². The number of carbonyl (C=O) groups is 1. The first-order chi connectivity index (χ1) is 28.6. The molecule has 1 fully saturated rings. The van der Waals surface area contributed by atoms with Crippen molar-refractivity contribution < 1.29 is 49.1 Å². The normalized spacial score (nSPS) is 20.9. The Kier molecular flexibility index (Phi) is 9.23. The number of amides is 1. The Balaban J connectivity index is 1.20. The minimum atomic E-state index is -5.15. The molecule has 0 radical (unpaired) electrons. The van der Waals surface area contributed by atoms with Crippen molar-refractivity contribution in [3.63, 3.8) is 0 Å². The lowest BCUT2D eigenvalue weighted by Crippen LogP contribution is -2.36. The van der Waals surface area contributed by atoms with Crippen LogP contribution in [0.15, 0.2) is 42.5 Å². The number of thiazole rings is 1. The molecular weight excluding hydrogens is 856 g/mol. The fraction of sp³-hybridized carbons (Fsp3) is 0.359. The van der Waals surface area contributed by atoms with Gasteiger partial charge in [0.1, 0.15) is 29.8 Å². The van der Waals surface area contributed by atoms with Gasteiger partial charge >= 0.3 is 12.1 Å². The number of pyridine rings is 1. The highest BCUT2D eigenvalue weighted by molar-refractivity contribution is 7.92. The summed E-state index contributed by atoms with van der Waals surface area (Å²) in [5.74, 6) is -5.42. The number of carbonyl (C=O) groups excluding carboxylic acids is 1. The van der Waals surface area contributed by atoms with E-state index < -0.39 is 86.6 Å². The first-order valence-corrected chi connectivity index (χ1v) is 21.3. The second kappa shape index (κ2) is 13.9. The van der Waals surface area contributed by atoms with Gasteiger partial charge in [0.2, 0.25) is 15.9 Å². The maximum atomic E-state index is 15.6. The van der Waals surface area contributed by atoms with Crippen LogP contribution in [-0.4, -0.2) is 73.9 Å². The van der Waals surface area contributed by atoms with Gasteiger partial charge in [-0.15, -0.1) is 0 Å². The zero-order valence-corrected chi connectivity index (χ0v) is 33.7. The van der Waals surface area contributed by atoms with E-state index in [4.69, 9.17) is 9.97 Å². The Morgan fingerprint density at radius 1 is 1.08 bits per heavy atom. The lowest BCUT2D eigenvalue weighted by atomic mass is 9.84. The van der Waals surface area contributed by atoms with E-state index in [0.717, 1.165) is 18.4 Å². The maximum Gasteiger partial charge on any atom is 0.435 e. The van der Waals surface area contributed by atoms with Crippen LogP contribution >= 0.6 is 11.3 Å². The fourth-order valence-corrected chi connectivity index (χ4v) is 9.81. The third-order valence-corrected chi connectivity index (χ3v) is 12.5. The predicted octanol–water partition coefficient (Wildman–Crippen LogP) is 5.99. The van der Waals surface area contributed by atoms with E-state index in [0.29, 0.717) is 55.6 Å². The molecule has 0 saturated carbocycles. The number of nitrogens with zero attached hydrogens (tertiary/aromatic N) is 7. The SMILES string of the molecule is Cn1nc(NS(C)(=O)=O)c2cccc(-c3cc4sc(N5CCC(C)(O)C5)nc4nc3C(Cc3cc(F)cc(F)c3)NC(=O)Cn3nc(C(F)(F)F)c4c3C(F)(F)[C@@H]3C#C[C@H]43)c21. The van der Waals surface area contributed by atoms with Crippen LogP contribution in [0.2, 0.25) is 0 Å². The summed E-state index contributed by atoms with van der Waals surface area (Å²) in [6.45, 7) is 1.31. The number of anilines is 2. The molecule has 2 aromatic carbocycles. The molecule has 2 aliphatic carbocycles. The number of aliphatic hydroxyl groups is 1. The molecule has 2 unspecified atom stereocenters. The third-order valence-electron chi connectivity index (χ3n) is 10.9. The summed E-state index contributed by atoms with van der Waals surface area (Å²) in [5, 5.41) is 22.1. The van der Waals surface area contributed by atoms with Gasteiger partial charge < -0.3 is 15.3 Å². The molecule has 0 spiro atoms. The highest BCUT2D eigenvalue weighted by atomic mass is 32.2. The summed E-state index contributed by atoms with van der Waals surface area (Å²) in [4.78, 5) is 25.6. The van der Waals surface area contributed by atoms with Crippen molar-refractivity contribution in [2.75, 3.05) is 29.0 Å². The number of nitrogens with one attached hydrogen (secondary N) is 2. The minimum Gasteiger partial charge on any atom is -0.388 e. The number of fused-ring (bicyclic) bond motifs is 5. The highest BCUT2D eigenvalue weighted by Crippen LogP contribution is 2.58. The highest BCUT2D eigenvalue weighted by Gasteiger charge is 2.62.